The van der Waals surface area contributed by atoms with Gasteiger partial charge >= 0.3 is 0 Å². The maximum absolute atomic E-state index is 1.56. The lowest BCUT2D eigenvalue weighted by Gasteiger charge is -2.30. The molecule has 0 saturated heterocycles. The fourth-order valence-corrected chi connectivity index (χ4v) is 3.92. The number of hydrogen-bond acceptors (Lipinski definition) is 0. The van der Waals surface area contributed by atoms with E-state index in [4.69, 9.17) is 0 Å². The molecule has 2 fully saturated rings. The molecule has 0 radical (unpaired) electrons. The molecule has 0 nitrogen and oxygen atoms in total. The van der Waals surface area contributed by atoms with E-state index >= 15 is 0 Å². The maximum Gasteiger partial charge on any atom is -0.0386 e. The van der Waals surface area contributed by atoms with E-state index in [1.54, 1.807) is 25.7 Å². The zero-order valence-corrected chi connectivity index (χ0v) is 13.2. The topological polar surface area (TPSA) is 0 Å². The summed E-state index contributed by atoms with van der Waals surface area (Å²) in [4.78, 5) is 0. The van der Waals surface area contributed by atoms with Crippen LogP contribution < -0.4 is 0 Å². The van der Waals surface area contributed by atoms with Crippen LogP contribution in [0.25, 0.3) is 0 Å². The Morgan fingerprint density at radius 3 is 0.882 bits per heavy atom. The second-order valence-electron chi connectivity index (χ2n) is 6.21. The summed E-state index contributed by atoms with van der Waals surface area (Å²) >= 11 is 0. The summed E-state index contributed by atoms with van der Waals surface area (Å²) in [6, 6.07) is 0. The van der Waals surface area contributed by atoms with Crippen molar-refractivity contribution in [3.8, 4) is 0 Å². The maximum atomic E-state index is 1.56. The van der Waals surface area contributed by atoms with Crippen molar-refractivity contribution in [3.63, 3.8) is 0 Å². The number of hydrogen-bond donors (Lipinski definition) is 0. The van der Waals surface area contributed by atoms with Crippen molar-refractivity contribution in [2.24, 2.45) is 11.8 Å². The molecule has 0 atom stereocenters. The van der Waals surface area contributed by atoms with Gasteiger partial charge in [-0.25, -0.2) is 0 Å². The van der Waals surface area contributed by atoms with E-state index < -0.39 is 0 Å². The predicted molar refractivity (Wildman–Crippen MR) is 81.9 cm³/mol. The standard InChI is InChI=1S/C16H30.BrH/c1-3-7-11-15(12-8-4-1)16-13-9-5-2-6-10-14-16;/h15-16H,1-14H2;1H. The smallest absolute Gasteiger partial charge is 0.0386 e. The van der Waals surface area contributed by atoms with E-state index in [1.165, 1.54) is 64.2 Å². The first-order valence-electron chi connectivity index (χ1n) is 7.97. The highest BCUT2D eigenvalue weighted by Crippen LogP contribution is 2.35. The summed E-state index contributed by atoms with van der Waals surface area (Å²) in [6.07, 6.45) is 21.4. The van der Waals surface area contributed by atoms with Crippen LogP contribution in [0.4, 0.5) is 0 Å². The Bertz CT molecular complexity index is 142. The van der Waals surface area contributed by atoms with E-state index in [1.807, 2.05) is 0 Å². The van der Waals surface area contributed by atoms with Gasteiger partial charge in [-0.2, -0.15) is 0 Å². The molecule has 0 N–H and O–H groups in total. The second-order valence-corrected chi connectivity index (χ2v) is 6.21. The predicted octanol–water partition coefficient (Wildman–Crippen LogP) is 6.29. The van der Waals surface area contributed by atoms with Gasteiger partial charge in [-0.3, -0.25) is 0 Å². The molecule has 0 aliphatic heterocycles. The van der Waals surface area contributed by atoms with Gasteiger partial charge in [0.05, 0.1) is 0 Å². The molecular formula is C16H31Br. The summed E-state index contributed by atoms with van der Waals surface area (Å²) in [5.41, 5.74) is 0. The van der Waals surface area contributed by atoms with Gasteiger partial charge in [0.25, 0.3) is 0 Å². The minimum absolute atomic E-state index is 0. The molecular weight excluding hydrogens is 272 g/mol. The van der Waals surface area contributed by atoms with E-state index in [2.05, 4.69) is 0 Å². The summed E-state index contributed by atoms with van der Waals surface area (Å²) < 4.78 is 0. The Morgan fingerprint density at radius 2 is 0.588 bits per heavy atom. The normalized spacial score (nSPS) is 26.1. The molecule has 0 aromatic heterocycles. The molecule has 102 valence electrons. The molecule has 0 unspecified atom stereocenters. The van der Waals surface area contributed by atoms with Crippen LogP contribution >= 0.6 is 17.0 Å². The van der Waals surface area contributed by atoms with Gasteiger partial charge in [0.15, 0.2) is 0 Å². The van der Waals surface area contributed by atoms with Crippen molar-refractivity contribution >= 4 is 17.0 Å². The third kappa shape index (κ3) is 5.77. The Labute approximate surface area is 119 Å². The van der Waals surface area contributed by atoms with Gasteiger partial charge in [0.2, 0.25) is 0 Å². The molecule has 0 spiro atoms. The number of halogens is 1. The van der Waals surface area contributed by atoms with Crippen LogP contribution in [0.3, 0.4) is 0 Å². The Balaban J connectivity index is 0.00000144. The average molecular weight is 303 g/mol. The summed E-state index contributed by atoms with van der Waals surface area (Å²) in [7, 11) is 0. The third-order valence-electron chi connectivity index (χ3n) is 4.97. The van der Waals surface area contributed by atoms with Gasteiger partial charge in [0, 0.05) is 0 Å². The van der Waals surface area contributed by atoms with Crippen molar-refractivity contribution in [1.29, 1.82) is 0 Å². The van der Waals surface area contributed by atoms with Crippen molar-refractivity contribution in [2.45, 2.75) is 89.9 Å². The van der Waals surface area contributed by atoms with Crippen LogP contribution in [0.5, 0.6) is 0 Å². The highest BCUT2D eigenvalue weighted by molar-refractivity contribution is 8.93. The lowest BCUT2D eigenvalue weighted by atomic mass is 9.76. The summed E-state index contributed by atoms with van der Waals surface area (Å²) in [6.45, 7) is 0. The first-order chi connectivity index (χ1) is 7.97. The van der Waals surface area contributed by atoms with E-state index in [-0.39, 0.29) is 17.0 Å². The third-order valence-corrected chi connectivity index (χ3v) is 4.97. The lowest BCUT2D eigenvalue weighted by Crippen LogP contribution is -2.17. The van der Waals surface area contributed by atoms with E-state index in [0.717, 1.165) is 11.8 Å². The van der Waals surface area contributed by atoms with E-state index in [0.29, 0.717) is 0 Å². The Hall–Kier alpha value is 0.480. The quantitative estimate of drug-likeness (QED) is 0.534. The highest BCUT2D eigenvalue weighted by Gasteiger charge is 2.22. The molecule has 2 aliphatic rings. The molecule has 17 heavy (non-hydrogen) atoms. The fourth-order valence-electron chi connectivity index (χ4n) is 3.92. The molecule has 2 aliphatic carbocycles. The highest BCUT2D eigenvalue weighted by atomic mass is 79.9. The SMILES string of the molecule is Br.C1CCCC(C2CCCCCCC2)CCC1. The van der Waals surface area contributed by atoms with Crippen molar-refractivity contribution in [3.05, 3.63) is 0 Å². The van der Waals surface area contributed by atoms with Crippen molar-refractivity contribution < 1.29 is 0 Å². The molecule has 2 saturated carbocycles. The second kappa shape index (κ2) is 9.42. The molecule has 1 heteroatoms. The van der Waals surface area contributed by atoms with Crippen LogP contribution in [-0.2, 0) is 0 Å². The van der Waals surface area contributed by atoms with Gasteiger partial charge < -0.3 is 0 Å². The molecule has 0 aromatic rings. The monoisotopic (exact) mass is 302 g/mol. The van der Waals surface area contributed by atoms with E-state index in [9.17, 15) is 0 Å². The Morgan fingerprint density at radius 1 is 0.353 bits per heavy atom. The van der Waals surface area contributed by atoms with Crippen LogP contribution in [0.2, 0.25) is 0 Å². The molecule has 0 amide bonds. The minimum atomic E-state index is 0. The van der Waals surface area contributed by atoms with Gasteiger partial charge in [0.1, 0.15) is 0 Å². The average Bonchev–Trinajstić information content (AvgIpc) is 2.18. The molecule has 0 aromatic carbocycles. The van der Waals surface area contributed by atoms with Crippen LogP contribution in [0, 0.1) is 11.8 Å². The Kier molecular flexibility index (Phi) is 8.61. The van der Waals surface area contributed by atoms with Crippen LogP contribution in [0.15, 0.2) is 0 Å². The first-order valence-corrected chi connectivity index (χ1v) is 7.97. The lowest BCUT2D eigenvalue weighted by molar-refractivity contribution is 0.221. The molecule has 0 bridgehead atoms. The van der Waals surface area contributed by atoms with Crippen molar-refractivity contribution in [2.75, 3.05) is 0 Å². The zero-order chi connectivity index (χ0) is 11.1. The van der Waals surface area contributed by atoms with Gasteiger partial charge in [-0.1, -0.05) is 89.9 Å². The van der Waals surface area contributed by atoms with Crippen molar-refractivity contribution in [1.82, 2.24) is 0 Å². The fraction of sp³-hybridized carbons (Fsp3) is 1.00. The number of rotatable bonds is 1. The zero-order valence-electron chi connectivity index (χ0n) is 11.5. The minimum Gasteiger partial charge on any atom is -0.114 e. The van der Waals surface area contributed by atoms with Gasteiger partial charge in [-0.05, 0) is 11.8 Å². The summed E-state index contributed by atoms with van der Waals surface area (Å²) in [5, 5.41) is 0. The first kappa shape index (κ1) is 15.5. The molecule has 0 heterocycles. The molecule has 2 rings (SSSR count). The van der Waals surface area contributed by atoms with Gasteiger partial charge in [-0.15, -0.1) is 17.0 Å². The summed E-state index contributed by atoms with van der Waals surface area (Å²) in [5.74, 6) is 2.22. The van der Waals surface area contributed by atoms with Crippen LogP contribution in [-0.4, -0.2) is 0 Å². The van der Waals surface area contributed by atoms with Crippen LogP contribution in [0.1, 0.15) is 89.9 Å². The largest absolute Gasteiger partial charge is 0.114 e.